The molecule has 74 valence electrons. The van der Waals surface area contributed by atoms with Crippen LogP contribution in [0, 0.1) is 0 Å². The molecular weight excluding hydrogens is 196 g/mol. The maximum atomic E-state index is 4.42. The Morgan fingerprint density at radius 3 is 2.69 bits per heavy atom. The van der Waals surface area contributed by atoms with Gasteiger partial charge in [0, 0.05) is 15.0 Å². The van der Waals surface area contributed by atoms with E-state index in [0.29, 0.717) is 5.25 Å². The van der Waals surface area contributed by atoms with Gasteiger partial charge in [-0.25, -0.2) is 0 Å². The van der Waals surface area contributed by atoms with Crippen molar-refractivity contribution in [1.82, 2.24) is 0 Å². The fourth-order valence-electron chi connectivity index (χ4n) is 1.30. The largest absolute Gasteiger partial charge is 0.171 e. The average Bonchev–Trinajstić information content (AvgIpc) is 2.53. The molecule has 0 saturated heterocycles. The van der Waals surface area contributed by atoms with E-state index in [2.05, 4.69) is 38.6 Å². The van der Waals surface area contributed by atoms with E-state index in [1.54, 1.807) is 0 Å². The number of aryl methyl sites for hydroxylation is 1. The molecule has 0 aliphatic rings. The van der Waals surface area contributed by atoms with Crippen LogP contribution < -0.4 is 0 Å². The molecule has 1 rings (SSSR count). The third-order valence-electron chi connectivity index (χ3n) is 2.12. The first-order chi connectivity index (χ1) is 6.24. The lowest BCUT2D eigenvalue weighted by Gasteiger charge is -1.98. The standard InChI is InChI=1S/C11H18S2/c1-3-4-5-6-10-7-8-11(13-10)9(2)12/h7-9,12H,3-6H2,1-2H3. The summed E-state index contributed by atoms with van der Waals surface area (Å²) < 4.78 is 0. The molecule has 0 amide bonds. The summed E-state index contributed by atoms with van der Waals surface area (Å²) in [6.45, 7) is 4.38. The van der Waals surface area contributed by atoms with Crippen LogP contribution in [0.25, 0.3) is 0 Å². The predicted octanol–water partition coefficient (Wildman–Crippen LogP) is 4.47. The third kappa shape index (κ3) is 3.74. The Morgan fingerprint density at radius 1 is 1.38 bits per heavy atom. The molecule has 1 atom stereocenters. The highest BCUT2D eigenvalue weighted by atomic mass is 32.1. The first kappa shape index (κ1) is 11.1. The molecule has 0 aromatic carbocycles. The molecular formula is C11H18S2. The highest BCUT2D eigenvalue weighted by molar-refractivity contribution is 7.80. The molecule has 0 bridgehead atoms. The fourth-order valence-corrected chi connectivity index (χ4v) is 2.54. The van der Waals surface area contributed by atoms with Crippen LogP contribution in [0.4, 0.5) is 0 Å². The van der Waals surface area contributed by atoms with Crippen LogP contribution >= 0.6 is 24.0 Å². The van der Waals surface area contributed by atoms with Gasteiger partial charge in [0.1, 0.15) is 0 Å². The van der Waals surface area contributed by atoms with Crippen LogP contribution in [0.3, 0.4) is 0 Å². The van der Waals surface area contributed by atoms with E-state index >= 15 is 0 Å². The lowest BCUT2D eigenvalue weighted by atomic mass is 10.2. The molecule has 0 N–H and O–H groups in total. The van der Waals surface area contributed by atoms with Crippen LogP contribution in [0.2, 0.25) is 0 Å². The smallest absolute Gasteiger partial charge is 0.0332 e. The molecule has 0 fully saturated rings. The minimum atomic E-state index is 0.393. The lowest BCUT2D eigenvalue weighted by molar-refractivity contribution is 0.722. The van der Waals surface area contributed by atoms with Crippen molar-refractivity contribution in [2.24, 2.45) is 0 Å². The van der Waals surface area contributed by atoms with Crippen molar-refractivity contribution in [2.45, 2.75) is 44.8 Å². The average molecular weight is 214 g/mol. The van der Waals surface area contributed by atoms with E-state index < -0.39 is 0 Å². The quantitative estimate of drug-likeness (QED) is 0.542. The van der Waals surface area contributed by atoms with Gasteiger partial charge in [-0.3, -0.25) is 0 Å². The van der Waals surface area contributed by atoms with Gasteiger partial charge in [-0.2, -0.15) is 12.6 Å². The molecule has 1 unspecified atom stereocenters. The summed E-state index contributed by atoms with van der Waals surface area (Å²) in [7, 11) is 0. The summed E-state index contributed by atoms with van der Waals surface area (Å²) >= 11 is 6.34. The number of rotatable bonds is 5. The summed E-state index contributed by atoms with van der Waals surface area (Å²) in [5, 5.41) is 0.393. The summed E-state index contributed by atoms with van der Waals surface area (Å²) in [4.78, 5) is 2.92. The van der Waals surface area contributed by atoms with E-state index in [1.807, 2.05) is 11.3 Å². The molecule has 0 radical (unpaired) electrons. The molecule has 0 aliphatic carbocycles. The number of hydrogen-bond donors (Lipinski definition) is 1. The predicted molar refractivity (Wildman–Crippen MR) is 64.9 cm³/mol. The van der Waals surface area contributed by atoms with Gasteiger partial charge in [0.2, 0.25) is 0 Å². The summed E-state index contributed by atoms with van der Waals surface area (Å²) in [6.07, 6.45) is 5.24. The van der Waals surface area contributed by atoms with E-state index in [0.717, 1.165) is 0 Å². The fraction of sp³-hybridized carbons (Fsp3) is 0.636. The Labute approximate surface area is 90.8 Å². The minimum Gasteiger partial charge on any atom is -0.171 e. The second-order valence-electron chi connectivity index (χ2n) is 3.44. The topological polar surface area (TPSA) is 0 Å². The second-order valence-corrected chi connectivity index (χ2v) is 5.41. The van der Waals surface area contributed by atoms with Crippen molar-refractivity contribution in [3.8, 4) is 0 Å². The van der Waals surface area contributed by atoms with E-state index in [1.165, 1.54) is 35.4 Å². The SMILES string of the molecule is CCCCCc1ccc(C(C)S)s1. The Balaban J connectivity index is 2.40. The monoisotopic (exact) mass is 214 g/mol. The third-order valence-corrected chi connectivity index (χ3v) is 3.90. The minimum absolute atomic E-state index is 0.393. The van der Waals surface area contributed by atoms with Crippen molar-refractivity contribution < 1.29 is 0 Å². The van der Waals surface area contributed by atoms with Gasteiger partial charge >= 0.3 is 0 Å². The van der Waals surface area contributed by atoms with E-state index in [9.17, 15) is 0 Å². The van der Waals surface area contributed by atoms with Gasteiger partial charge in [-0.1, -0.05) is 19.8 Å². The number of thiophene rings is 1. The summed E-state index contributed by atoms with van der Waals surface area (Å²) in [6, 6.07) is 4.46. The van der Waals surface area contributed by atoms with Crippen LogP contribution in [-0.4, -0.2) is 0 Å². The number of thiol groups is 1. The van der Waals surface area contributed by atoms with Crippen LogP contribution in [0.1, 0.15) is 48.1 Å². The molecule has 0 aliphatic heterocycles. The maximum Gasteiger partial charge on any atom is 0.0332 e. The Bertz CT molecular complexity index is 238. The molecule has 0 nitrogen and oxygen atoms in total. The molecule has 1 aromatic heterocycles. The molecule has 0 spiro atoms. The van der Waals surface area contributed by atoms with Crippen molar-refractivity contribution in [2.75, 3.05) is 0 Å². The molecule has 0 saturated carbocycles. The van der Waals surface area contributed by atoms with Crippen LogP contribution in [-0.2, 0) is 6.42 Å². The van der Waals surface area contributed by atoms with Gasteiger partial charge in [0.05, 0.1) is 0 Å². The maximum absolute atomic E-state index is 4.42. The zero-order chi connectivity index (χ0) is 9.68. The zero-order valence-electron chi connectivity index (χ0n) is 8.42. The Kier molecular flexibility index (Phi) is 4.89. The molecule has 1 heterocycles. The van der Waals surface area contributed by atoms with Gasteiger partial charge in [0.25, 0.3) is 0 Å². The number of unbranched alkanes of at least 4 members (excludes halogenated alkanes) is 2. The highest BCUT2D eigenvalue weighted by Gasteiger charge is 2.03. The second kappa shape index (κ2) is 5.71. The van der Waals surface area contributed by atoms with E-state index in [4.69, 9.17) is 0 Å². The highest BCUT2D eigenvalue weighted by Crippen LogP contribution is 2.27. The molecule has 1 aromatic rings. The van der Waals surface area contributed by atoms with Gasteiger partial charge in [-0.15, -0.1) is 11.3 Å². The molecule has 13 heavy (non-hydrogen) atoms. The first-order valence-corrected chi connectivity index (χ1v) is 6.34. The van der Waals surface area contributed by atoms with Crippen molar-refractivity contribution >= 4 is 24.0 Å². The first-order valence-electron chi connectivity index (χ1n) is 5.00. The van der Waals surface area contributed by atoms with Crippen molar-refractivity contribution in [3.63, 3.8) is 0 Å². The molecule has 2 heteroatoms. The lowest BCUT2D eigenvalue weighted by Crippen LogP contribution is -1.79. The summed E-state index contributed by atoms with van der Waals surface area (Å²) in [5.74, 6) is 0. The van der Waals surface area contributed by atoms with Crippen LogP contribution in [0.15, 0.2) is 12.1 Å². The normalized spacial score (nSPS) is 13.2. The van der Waals surface area contributed by atoms with E-state index in [-0.39, 0.29) is 0 Å². The van der Waals surface area contributed by atoms with Crippen molar-refractivity contribution in [3.05, 3.63) is 21.9 Å². The Morgan fingerprint density at radius 2 is 2.15 bits per heavy atom. The van der Waals surface area contributed by atoms with Crippen molar-refractivity contribution in [1.29, 1.82) is 0 Å². The number of hydrogen-bond acceptors (Lipinski definition) is 2. The Hall–Kier alpha value is 0.0500. The van der Waals surface area contributed by atoms with Gasteiger partial charge in [0.15, 0.2) is 0 Å². The van der Waals surface area contributed by atoms with Gasteiger partial charge < -0.3 is 0 Å². The summed E-state index contributed by atoms with van der Waals surface area (Å²) in [5.41, 5.74) is 0. The zero-order valence-corrected chi connectivity index (χ0v) is 10.1. The van der Waals surface area contributed by atoms with Gasteiger partial charge in [-0.05, 0) is 31.9 Å². The van der Waals surface area contributed by atoms with Crippen LogP contribution in [0.5, 0.6) is 0 Å².